The Kier molecular flexibility index (Phi) is 5.03. The highest BCUT2D eigenvalue weighted by Crippen LogP contribution is 2.24. The highest BCUT2D eigenvalue weighted by atomic mass is 16.3. The van der Waals surface area contributed by atoms with Crippen LogP contribution in [0.1, 0.15) is 48.0 Å². The fraction of sp³-hybridized carbons (Fsp3) is 0.409. The van der Waals surface area contributed by atoms with Crippen molar-refractivity contribution in [3.05, 3.63) is 53.7 Å². The van der Waals surface area contributed by atoms with Crippen molar-refractivity contribution >= 4 is 22.7 Å². The van der Waals surface area contributed by atoms with Crippen LogP contribution in [0.4, 0.5) is 5.69 Å². The van der Waals surface area contributed by atoms with E-state index in [1.165, 1.54) is 11.3 Å². The molecule has 0 radical (unpaired) electrons. The summed E-state index contributed by atoms with van der Waals surface area (Å²) in [4.78, 5) is 26.1. The molecule has 3 heterocycles. The number of benzene rings is 1. The minimum absolute atomic E-state index is 0.0595. The second kappa shape index (κ2) is 7.62. The van der Waals surface area contributed by atoms with Crippen LogP contribution in [0.5, 0.6) is 0 Å². The van der Waals surface area contributed by atoms with Gasteiger partial charge < -0.3 is 14.2 Å². The van der Waals surface area contributed by atoms with E-state index in [4.69, 9.17) is 4.42 Å². The maximum Gasteiger partial charge on any atom is 0.253 e. The molecule has 0 atom stereocenters. The Labute approximate surface area is 165 Å². The molecule has 4 rings (SSSR count). The van der Waals surface area contributed by atoms with Crippen molar-refractivity contribution in [3.8, 4) is 0 Å². The number of carbonyl (C=O) groups excluding carboxylic acids is 1. The molecule has 0 unspecified atom stereocenters. The van der Waals surface area contributed by atoms with Gasteiger partial charge in [0, 0.05) is 55.7 Å². The molecule has 0 saturated carbocycles. The number of fused-ring (bicyclic) bond motifs is 1. The Balaban J connectivity index is 1.50. The van der Waals surface area contributed by atoms with Crippen molar-refractivity contribution in [3.63, 3.8) is 0 Å². The summed E-state index contributed by atoms with van der Waals surface area (Å²) in [6.45, 7) is 9.39. The summed E-state index contributed by atoms with van der Waals surface area (Å²) in [5.74, 6) is 0.988. The first-order chi connectivity index (χ1) is 13.5. The number of aromatic nitrogens is 2. The van der Waals surface area contributed by atoms with E-state index in [-0.39, 0.29) is 11.8 Å². The lowest BCUT2D eigenvalue weighted by Crippen LogP contribution is -2.35. The summed E-state index contributed by atoms with van der Waals surface area (Å²) in [5.41, 5.74) is 4.52. The van der Waals surface area contributed by atoms with Gasteiger partial charge in [-0.1, -0.05) is 13.8 Å². The van der Waals surface area contributed by atoms with Crippen LogP contribution in [0.15, 0.2) is 41.1 Å². The molecule has 0 bridgehead atoms. The molecule has 1 fully saturated rings. The third-order valence-corrected chi connectivity index (χ3v) is 5.26. The van der Waals surface area contributed by atoms with Crippen LogP contribution in [-0.4, -0.2) is 47.0 Å². The van der Waals surface area contributed by atoms with Crippen molar-refractivity contribution in [1.29, 1.82) is 0 Å². The zero-order valence-corrected chi connectivity index (χ0v) is 16.7. The maximum atomic E-state index is 13.1. The van der Waals surface area contributed by atoms with Crippen LogP contribution in [-0.2, 0) is 0 Å². The van der Waals surface area contributed by atoms with Gasteiger partial charge in [0.05, 0.1) is 0 Å². The van der Waals surface area contributed by atoms with E-state index in [1.54, 1.807) is 0 Å². The molecule has 2 aromatic heterocycles. The third kappa shape index (κ3) is 3.59. The SMILES string of the molecule is Cc1cnccc1N1CCCN(C(=O)c2ccc3oc(C(C)C)nc3c2)CC1. The molecule has 1 aliphatic heterocycles. The number of hydrogen-bond acceptors (Lipinski definition) is 5. The van der Waals surface area contributed by atoms with E-state index >= 15 is 0 Å². The minimum atomic E-state index is 0.0595. The van der Waals surface area contributed by atoms with Gasteiger partial charge in [0.25, 0.3) is 5.91 Å². The van der Waals surface area contributed by atoms with Crippen molar-refractivity contribution in [1.82, 2.24) is 14.9 Å². The number of hydrogen-bond donors (Lipinski definition) is 0. The molecular formula is C22H26N4O2. The maximum absolute atomic E-state index is 13.1. The van der Waals surface area contributed by atoms with Gasteiger partial charge in [-0.2, -0.15) is 0 Å². The third-order valence-electron chi connectivity index (χ3n) is 5.26. The highest BCUT2D eigenvalue weighted by Gasteiger charge is 2.22. The van der Waals surface area contributed by atoms with Crippen molar-refractivity contribution in [2.45, 2.75) is 33.1 Å². The quantitative estimate of drug-likeness (QED) is 0.689. The van der Waals surface area contributed by atoms with Crippen LogP contribution in [0, 0.1) is 6.92 Å². The lowest BCUT2D eigenvalue weighted by atomic mass is 10.1. The molecule has 1 aliphatic rings. The first-order valence-corrected chi connectivity index (χ1v) is 9.88. The van der Waals surface area contributed by atoms with E-state index in [9.17, 15) is 4.79 Å². The zero-order valence-electron chi connectivity index (χ0n) is 16.7. The molecule has 1 saturated heterocycles. The number of anilines is 1. The van der Waals surface area contributed by atoms with Crippen molar-refractivity contribution in [2.24, 2.45) is 0 Å². The number of rotatable bonds is 3. The van der Waals surface area contributed by atoms with Gasteiger partial charge in [-0.05, 0) is 43.2 Å². The lowest BCUT2D eigenvalue weighted by Gasteiger charge is -2.25. The lowest BCUT2D eigenvalue weighted by molar-refractivity contribution is 0.0767. The first-order valence-electron chi connectivity index (χ1n) is 9.88. The van der Waals surface area contributed by atoms with Crippen molar-refractivity contribution < 1.29 is 9.21 Å². The average Bonchev–Trinajstić information content (AvgIpc) is 2.98. The summed E-state index contributed by atoms with van der Waals surface area (Å²) < 4.78 is 5.76. The van der Waals surface area contributed by atoms with Crippen LogP contribution < -0.4 is 4.90 Å². The van der Waals surface area contributed by atoms with Gasteiger partial charge in [-0.15, -0.1) is 0 Å². The van der Waals surface area contributed by atoms with Crippen LogP contribution in [0.25, 0.3) is 11.1 Å². The zero-order chi connectivity index (χ0) is 19.7. The number of nitrogens with zero attached hydrogens (tertiary/aromatic N) is 4. The Morgan fingerprint density at radius 3 is 2.79 bits per heavy atom. The number of amides is 1. The monoisotopic (exact) mass is 378 g/mol. The molecule has 6 heteroatoms. The minimum Gasteiger partial charge on any atom is -0.440 e. The Morgan fingerprint density at radius 2 is 2.00 bits per heavy atom. The predicted molar refractivity (Wildman–Crippen MR) is 110 cm³/mol. The normalized spacial score (nSPS) is 15.3. The van der Waals surface area contributed by atoms with E-state index in [0.717, 1.165) is 37.2 Å². The second-order valence-electron chi connectivity index (χ2n) is 7.68. The van der Waals surface area contributed by atoms with Gasteiger partial charge in [0.15, 0.2) is 11.5 Å². The smallest absolute Gasteiger partial charge is 0.253 e. The molecule has 6 nitrogen and oxygen atoms in total. The molecule has 1 aromatic carbocycles. The predicted octanol–water partition coefficient (Wildman–Crippen LogP) is 4.01. The van der Waals surface area contributed by atoms with Gasteiger partial charge in [-0.25, -0.2) is 4.98 Å². The molecule has 0 spiro atoms. The second-order valence-corrected chi connectivity index (χ2v) is 7.68. The topological polar surface area (TPSA) is 62.5 Å². The average molecular weight is 378 g/mol. The van der Waals surface area contributed by atoms with Crippen molar-refractivity contribution in [2.75, 3.05) is 31.1 Å². The summed E-state index contributed by atoms with van der Waals surface area (Å²) in [6.07, 6.45) is 4.66. The highest BCUT2D eigenvalue weighted by molar-refractivity contribution is 5.97. The van der Waals surface area contributed by atoms with Crippen LogP contribution in [0.3, 0.4) is 0 Å². The molecule has 3 aromatic rings. The van der Waals surface area contributed by atoms with E-state index < -0.39 is 0 Å². The molecule has 0 N–H and O–H groups in total. The van der Waals surface area contributed by atoms with Crippen LogP contribution in [0.2, 0.25) is 0 Å². The van der Waals surface area contributed by atoms with E-state index in [0.29, 0.717) is 18.0 Å². The first kappa shape index (κ1) is 18.5. The number of oxazole rings is 1. The molecule has 146 valence electrons. The summed E-state index contributed by atoms with van der Waals surface area (Å²) in [7, 11) is 0. The largest absolute Gasteiger partial charge is 0.440 e. The van der Waals surface area contributed by atoms with E-state index in [2.05, 4.69) is 27.9 Å². The summed E-state index contributed by atoms with van der Waals surface area (Å²) >= 11 is 0. The molecule has 28 heavy (non-hydrogen) atoms. The standard InChI is InChI=1S/C22H26N4O2/c1-15(2)21-24-18-13-17(5-6-20(18)28-21)22(27)26-10-4-9-25(11-12-26)19-7-8-23-14-16(19)3/h5-8,13-15H,4,9-12H2,1-3H3. The fourth-order valence-corrected chi connectivity index (χ4v) is 3.69. The van der Waals surface area contributed by atoms with E-state index in [1.807, 2.05) is 49.3 Å². The number of aryl methyl sites for hydroxylation is 1. The number of pyridine rings is 1. The fourth-order valence-electron chi connectivity index (χ4n) is 3.69. The van der Waals surface area contributed by atoms with Crippen LogP contribution >= 0.6 is 0 Å². The summed E-state index contributed by atoms with van der Waals surface area (Å²) in [5, 5.41) is 0. The van der Waals surface area contributed by atoms with Gasteiger partial charge >= 0.3 is 0 Å². The number of carbonyl (C=O) groups is 1. The summed E-state index contributed by atoms with van der Waals surface area (Å²) in [6, 6.07) is 7.60. The molecule has 0 aliphatic carbocycles. The van der Waals surface area contributed by atoms with Gasteiger partial charge in [0.2, 0.25) is 0 Å². The Hall–Kier alpha value is -2.89. The van der Waals surface area contributed by atoms with Gasteiger partial charge in [-0.3, -0.25) is 9.78 Å². The Bertz CT molecular complexity index is 995. The molecular weight excluding hydrogens is 352 g/mol. The van der Waals surface area contributed by atoms with Gasteiger partial charge in [0.1, 0.15) is 5.52 Å². The Morgan fingerprint density at radius 1 is 1.14 bits per heavy atom. The molecule has 1 amide bonds.